The van der Waals surface area contributed by atoms with E-state index in [1.54, 1.807) is 12.4 Å². The van der Waals surface area contributed by atoms with Crippen LogP contribution in [-0.2, 0) is 0 Å². The fourth-order valence-corrected chi connectivity index (χ4v) is 3.33. The van der Waals surface area contributed by atoms with Crippen molar-refractivity contribution in [1.82, 2.24) is 14.9 Å². The molecule has 0 radical (unpaired) electrons. The molecule has 1 aromatic carbocycles. The minimum atomic E-state index is 0.173. The molecule has 0 unspecified atom stereocenters. The molecule has 3 heterocycles. The lowest BCUT2D eigenvalue weighted by molar-refractivity contribution is 0.383. The Kier molecular flexibility index (Phi) is 3.33. The second-order valence-corrected chi connectivity index (χ2v) is 6.34. The predicted molar refractivity (Wildman–Crippen MR) is 97.3 cm³/mol. The van der Waals surface area contributed by atoms with Gasteiger partial charge >= 0.3 is 0 Å². The summed E-state index contributed by atoms with van der Waals surface area (Å²) in [6.45, 7) is 4.36. The van der Waals surface area contributed by atoms with Crippen molar-refractivity contribution in [2.45, 2.75) is 26.2 Å². The minimum Gasteiger partial charge on any atom is -0.359 e. The van der Waals surface area contributed by atoms with Gasteiger partial charge in [0.05, 0.1) is 0 Å². The molecular weight excluding hydrogens is 300 g/mol. The van der Waals surface area contributed by atoms with Gasteiger partial charge in [0.25, 0.3) is 0 Å². The number of rotatable bonds is 2. The highest BCUT2D eigenvalue weighted by Gasteiger charge is 2.34. The van der Waals surface area contributed by atoms with Crippen molar-refractivity contribution in [1.29, 1.82) is 0 Å². The van der Waals surface area contributed by atoms with Gasteiger partial charge in [-0.3, -0.25) is 0 Å². The fraction of sp³-hybridized carbons (Fsp3) is 0.333. The van der Waals surface area contributed by atoms with Crippen molar-refractivity contribution in [2.75, 3.05) is 28.8 Å². The number of hydrogen-bond donors (Lipinski definition) is 0. The van der Waals surface area contributed by atoms with Gasteiger partial charge in [-0.15, -0.1) is 0 Å². The van der Waals surface area contributed by atoms with Crippen molar-refractivity contribution in [3.8, 4) is 0 Å². The zero-order valence-electron chi connectivity index (χ0n) is 14.5. The Hall–Kier alpha value is -2.76. The molecule has 0 saturated heterocycles. The summed E-state index contributed by atoms with van der Waals surface area (Å²) in [6, 6.07) is 8.59. The highest BCUT2D eigenvalue weighted by molar-refractivity contribution is 5.79. The molecule has 0 fully saturated rings. The number of hydrogen-bond acceptors (Lipinski definition) is 6. The Labute approximate surface area is 142 Å². The van der Waals surface area contributed by atoms with Crippen molar-refractivity contribution in [3.63, 3.8) is 0 Å². The summed E-state index contributed by atoms with van der Waals surface area (Å²) in [4.78, 5) is 17.9. The molecule has 2 aliphatic heterocycles. The maximum absolute atomic E-state index is 4.56. The van der Waals surface area contributed by atoms with Crippen molar-refractivity contribution < 1.29 is 0 Å². The number of fused-ring (bicyclic) bond motifs is 1. The molecule has 1 aromatic heterocycles. The first-order valence-electron chi connectivity index (χ1n) is 8.19. The molecule has 24 heavy (non-hydrogen) atoms. The van der Waals surface area contributed by atoms with E-state index in [0.29, 0.717) is 6.17 Å². The summed E-state index contributed by atoms with van der Waals surface area (Å²) in [5, 5.41) is 0. The summed E-state index contributed by atoms with van der Waals surface area (Å²) >= 11 is 0. The van der Waals surface area contributed by atoms with E-state index in [2.05, 4.69) is 94.2 Å². The summed E-state index contributed by atoms with van der Waals surface area (Å²) in [5.41, 5.74) is 2.30. The molecule has 2 atom stereocenters. The van der Waals surface area contributed by atoms with Crippen LogP contribution in [-0.4, -0.2) is 41.3 Å². The third-order valence-electron chi connectivity index (χ3n) is 5.02. The van der Waals surface area contributed by atoms with Crippen LogP contribution in [0.1, 0.15) is 13.8 Å². The van der Waals surface area contributed by atoms with Crippen LogP contribution >= 0.6 is 0 Å². The Morgan fingerprint density at radius 2 is 1.58 bits per heavy atom. The van der Waals surface area contributed by atoms with Crippen molar-refractivity contribution in [3.05, 3.63) is 49.1 Å². The Morgan fingerprint density at radius 1 is 0.875 bits per heavy atom. The summed E-state index contributed by atoms with van der Waals surface area (Å²) < 4.78 is 0. The number of anilines is 4. The van der Waals surface area contributed by atoms with Gasteiger partial charge in [-0.05, 0) is 32.0 Å². The van der Waals surface area contributed by atoms with Crippen LogP contribution in [0.2, 0.25) is 0 Å². The fourth-order valence-electron chi connectivity index (χ4n) is 3.33. The van der Waals surface area contributed by atoms with Gasteiger partial charge in [-0.1, -0.05) is 6.07 Å². The van der Waals surface area contributed by atoms with Crippen LogP contribution in [0.3, 0.4) is 0 Å². The van der Waals surface area contributed by atoms with E-state index < -0.39 is 0 Å². The second-order valence-electron chi connectivity index (χ2n) is 6.34. The first-order valence-corrected chi connectivity index (χ1v) is 8.19. The molecule has 0 amide bonds. The summed E-state index contributed by atoms with van der Waals surface area (Å²) in [7, 11) is 4.15. The number of aromatic nitrogens is 2. The van der Waals surface area contributed by atoms with E-state index in [4.69, 9.17) is 0 Å². The second kappa shape index (κ2) is 5.40. The monoisotopic (exact) mass is 322 g/mol. The number of nitrogens with zero attached hydrogens (tertiary/aromatic N) is 6. The van der Waals surface area contributed by atoms with Gasteiger partial charge in [-0.2, -0.15) is 0 Å². The minimum absolute atomic E-state index is 0.173. The number of benzene rings is 1. The SMILES string of the molecule is C[C@@H]1N(C)C=CN1c1cccc(N2c3nccnc3N(C)[C@@H]2C)c1. The molecule has 6 nitrogen and oxygen atoms in total. The largest absolute Gasteiger partial charge is 0.359 e. The smallest absolute Gasteiger partial charge is 0.178 e. The van der Waals surface area contributed by atoms with Gasteiger partial charge in [-0.25, -0.2) is 9.97 Å². The zero-order chi connectivity index (χ0) is 16.8. The normalized spacial score (nSPS) is 22.5. The molecule has 0 bridgehead atoms. The molecule has 2 aliphatic rings. The van der Waals surface area contributed by atoms with Crippen LogP contribution in [0.25, 0.3) is 0 Å². The van der Waals surface area contributed by atoms with Gasteiger partial charge < -0.3 is 19.6 Å². The van der Waals surface area contributed by atoms with Crippen molar-refractivity contribution in [2.24, 2.45) is 0 Å². The Bertz CT molecular complexity index is 789. The molecule has 0 spiro atoms. The van der Waals surface area contributed by atoms with Crippen LogP contribution in [0.4, 0.5) is 23.0 Å². The van der Waals surface area contributed by atoms with E-state index >= 15 is 0 Å². The lowest BCUT2D eigenvalue weighted by atomic mass is 10.2. The average molecular weight is 322 g/mol. The first kappa shape index (κ1) is 14.8. The van der Waals surface area contributed by atoms with Crippen LogP contribution in [0.15, 0.2) is 49.1 Å². The lowest BCUT2D eigenvalue weighted by Crippen LogP contribution is -2.36. The molecule has 2 aromatic rings. The van der Waals surface area contributed by atoms with E-state index in [1.165, 1.54) is 5.69 Å². The van der Waals surface area contributed by atoms with E-state index in [0.717, 1.165) is 17.3 Å². The molecule has 0 saturated carbocycles. The van der Waals surface area contributed by atoms with Gasteiger partial charge in [0, 0.05) is 50.3 Å². The molecule has 0 aliphatic carbocycles. The summed E-state index contributed by atoms with van der Waals surface area (Å²) in [5.74, 6) is 1.83. The van der Waals surface area contributed by atoms with Gasteiger partial charge in [0.1, 0.15) is 12.3 Å². The molecule has 124 valence electrons. The topological polar surface area (TPSA) is 38.7 Å². The van der Waals surface area contributed by atoms with E-state index in [1.807, 2.05) is 0 Å². The highest BCUT2D eigenvalue weighted by atomic mass is 15.5. The quantitative estimate of drug-likeness (QED) is 0.846. The van der Waals surface area contributed by atoms with E-state index in [-0.39, 0.29) is 6.17 Å². The molecule has 4 rings (SSSR count). The predicted octanol–water partition coefficient (Wildman–Crippen LogP) is 2.98. The average Bonchev–Trinajstić information content (AvgIpc) is 3.06. The van der Waals surface area contributed by atoms with Gasteiger partial charge in [0.15, 0.2) is 11.6 Å². The zero-order valence-corrected chi connectivity index (χ0v) is 14.5. The van der Waals surface area contributed by atoms with Crippen LogP contribution < -0.4 is 14.7 Å². The highest BCUT2D eigenvalue weighted by Crippen LogP contribution is 2.41. The first-order chi connectivity index (χ1) is 11.6. The lowest BCUT2D eigenvalue weighted by Gasteiger charge is -2.30. The van der Waals surface area contributed by atoms with Crippen LogP contribution in [0.5, 0.6) is 0 Å². The summed E-state index contributed by atoms with van der Waals surface area (Å²) in [6.07, 6.45) is 8.20. The third-order valence-corrected chi connectivity index (χ3v) is 5.02. The Balaban J connectivity index is 1.73. The standard InChI is InChI=1S/C18H22N6/c1-13-21(3)10-11-23(13)15-6-5-7-16(12-15)24-14(2)22(4)17-18(24)20-9-8-19-17/h5-14H,1-4H3/t13-,14+/m1/s1. The Morgan fingerprint density at radius 3 is 2.29 bits per heavy atom. The molecule has 6 heteroatoms. The molecule has 0 N–H and O–H groups in total. The third kappa shape index (κ3) is 2.10. The molecular formula is C18H22N6. The van der Waals surface area contributed by atoms with Crippen LogP contribution in [0, 0.1) is 0 Å². The maximum Gasteiger partial charge on any atom is 0.178 e. The van der Waals surface area contributed by atoms with E-state index in [9.17, 15) is 0 Å². The maximum atomic E-state index is 4.56. The van der Waals surface area contributed by atoms with Crippen molar-refractivity contribution >= 4 is 23.0 Å². The van der Waals surface area contributed by atoms with Gasteiger partial charge in [0.2, 0.25) is 0 Å².